The van der Waals surface area contributed by atoms with Gasteiger partial charge in [-0.05, 0) is 42.9 Å². The molecule has 1 heteroatoms. The maximum Gasteiger partial charge on any atom is -0.00366 e. The fourth-order valence-corrected chi connectivity index (χ4v) is 1.71. The van der Waals surface area contributed by atoms with Crippen molar-refractivity contribution in [2.24, 2.45) is 5.73 Å². The second-order valence-electron chi connectivity index (χ2n) is 3.51. The molecule has 1 nitrogen and oxygen atoms in total. The van der Waals surface area contributed by atoms with Crippen molar-refractivity contribution in [3.63, 3.8) is 0 Å². The van der Waals surface area contributed by atoms with Crippen molar-refractivity contribution in [1.82, 2.24) is 0 Å². The molecule has 2 N–H and O–H groups in total. The molecule has 0 saturated heterocycles. The Labute approximate surface area is 73.6 Å². The van der Waals surface area contributed by atoms with Crippen LogP contribution in [0.5, 0.6) is 0 Å². The molecule has 12 heavy (non-hydrogen) atoms. The van der Waals surface area contributed by atoms with Gasteiger partial charge in [0.15, 0.2) is 0 Å². The molecule has 0 aromatic heterocycles. The zero-order chi connectivity index (χ0) is 8.39. The minimum absolute atomic E-state index is 0.768. The molecule has 1 fully saturated rings. The van der Waals surface area contributed by atoms with E-state index in [-0.39, 0.29) is 0 Å². The summed E-state index contributed by atoms with van der Waals surface area (Å²) in [5.74, 6) is 0.854. The Morgan fingerprint density at radius 3 is 2.67 bits per heavy atom. The SMILES string of the molecule is NCCc1ccccc1C1CC1. The maximum atomic E-state index is 5.55. The van der Waals surface area contributed by atoms with E-state index in [0.717, 1.165) is 18.9 Å². The average molecular weight is 161 g/mol. The predicted octanol–water partition coefficient (Wildman–Crippen LogP) is 2.07. The Morgan fingerprint density at radius 1 is 1.25 bits per heavy atom. The highest BCUT2D eigenvalue weighted by atomic mass is 14.5. The Hall–Kier alpha value is -0.820. The van der Waals surface area contributed by atoms with E-state index in [2.05, 4.69) is 24.3 Å². The summed E-state index contributed by atoms with van der Waals surface area (Å²) >= 11 is 0. The lowest BCUT2D eigenvalue weighted by Gasteiger charge is -2.05. The maximum absolute atomic E-state index is 5.55. The molecule has 1 aliphatic rings. The van der Waals surface area contributed by atoms with Crippen LogP contribution >= 0.6 is 0 Å². The zero-order valence-corrected chi connectivity index (χ0v) is 7.29. The van der Waals surface area contributed by atoms with Crippen LogP contribution in [0.1, 0.15) is 29.9 Å². The number of rotatable bonds is 3. The summed E-state index contributed by atoms with van der Waals surface area (Å²) in [4.78, 5) is 0. The first-order valence-corrected chi connectivity index (χ1v) is 4.69. The summed E-state index contributed by atoms with van der Waals surface area (Å²) in [7, 11) is 0. The zero-order valence-electron chi connectivity index (χ0n) is 7.29. The highest BCUT2D eigenvalue weighted by molar-refractivity contribution is 5.33. The summed E-state index contributed by atoms with van der Waals surface area (Å²) in [6.45, 7) is 0.768. The van der Waals surface area contributed by atoms with Gasteiger partial charge in [0.25, 0.3) is 0 Å². The van der Waals surface area contributed by atoms with Gasteiger partial charge in [0.1, 0.15) is 0 Å². The number of nitrogens with two attached hydrogens (primary N) is 1. The molecular formula is C11H15N. The lowest BCUT2D eigenvalue weighted by Crippen LogP contribution is -2.04. The van der Waals surface area contributed by atoms with Gasteiger partial charge in [-0.2, -0.15) is 0 Å². The predicted molar refractivity (Wildman–Crippen MR) is 51.2 cm³/mol. The van der Waals surface area contributed by atoms with Crippen molar-refractivity contribution in [2.45, 2.75) is 25.2 Å². The molecular weight excluding hydrogens is 146 g/mol. The van der Waals surface area contributed by atoms with Crippen LogP contribution in [-0.2, 0) is 6.42 Å². The lowest BCUT2D eigenvalue weighted by atomic mass is 10.0. The molecule has 0 atom stereocenters. The number of hydrogen-bond acceptors (Lipinski definition) is 1. The molecule has 0 aliphatic heterocycles. The van der Waals surface area contributed by atoms with Gasteiger partial charge >= 0.3 is 0 Å². The summed E-state index contributed by atoms with van der Waals surface area (Å²) in [6.07, 6.45) is 3.79. The summed E-state index contributed by atoms with van der Waals surface area (Å²) in [6, 6.07) is 8.70. The second kappa shape index (κ2) is 3.28. The van der Waals surface area contributed by atoms with Crippen molar-refractivity contribution in [2.75, 3.05) is 6.54 Å². The van der Waals surface area contributed by atoms with Crippen molar-refractivity contribution in [1.29, 1.82) is 0 Å². The van der Waals surface area contributed by atoms with Gasteiger partial charge in [-0.15, -0.1) is 0 Å². The summed E-state index contributed by atoms with van der Waals surface area (Å²) < 4.78 is 0. The van der Waals surface area contributed by atoms with Crippen LogP contribution in [0.3, 0.4) is 0 Å². The molecule has 0 heterocycles. The van der Waals surface area contributed by atoms with E-state index in [9.17, 15) is 0 Å². The first-order valence-electron chi connectivity index (χ1n) is 4.69. The third-order valence-electron chi connectivity index (χ3n) is 2.49. The minimum Gasteiger partial charge on any atom is -0.330 e. The van der Waals surface area contributed by atoms with Gasteiger partial charge in [0, 0.05) is 0 Å². The highest BCUT2D eigenvalue weighted by Crippen LogP contribution is 2.41. The van der Waals surface area contributed by atoms with Gasteiger partial charge in [0.2, 0.25) is 0 Å². The van der Waals surface area contributed by atoms with E-state index in [1.54, 1.807) is 5.56 Å². The summed E-state index contributed by atoms with van der Waals surface area (Å²) in [5.41, 5.74) is 8.56. The normalized spacial score (nSPS) is 16.4. The molecule has 0 radical (unpaired) electrons. The van der Waals surface area contributed by atoms with Crippen LogP contribution < -0.4 is 5.73 Å². The van der Waals surface area contributed by atoms with Crippen LogP contribution in [0.4, 0.5) is 0 Å². The van der Waals surface area contributed by atoms with Crippen molar-refractivity contribution < 1.29 is 0 Å². The molecule has 2 rings (SSSR count). The first-order chi connectivity index (χ1) is 5.92. The molecule has 1 aromatic carbocycles. The molecule has 1 aliphatic carbocycles. The molecule has 0 amide bonds. The van der Waals surface area contributed by atoms with Crippen LogP contribution in [0, 0.1) is 0 Å². The van der Waals surface area contributed by atoms with E-state index in [4.69, 9.17) is 5.73 Å². The van der Waals surface area contributed by atoms with Crippen molar-refractivity contribution in [3.8, 4) is 0 Å². The fourth-order valence-electron chi connectivity index (χ4n) is 1.71. The van der Waals surface area contributed by atoms with Crippen LogP contribution in [0.2, 0.25) is 0 Å². The Bertz CT molecular complexity index is 263. The molecule has 1 saturated carbocycles. The third-order valence-corrected chi connectivity index (χ3v) is 2.49. The highest BCUT2D eigenvalue weighted by Gasteiger charge is 2.24. The molecule has 0 unspecified atom stereocenters. The van der Waals surface area contributed by atoms with E-state index in [1.807, 2.05) is 0 Å². The lowest BCUT2D eigenvalue weighted by molar-refractivity contribution is 0.936. The Morgan fingerprint density at radius 2 is 2.00 bits per heavy atom. The van der Waals surface area contributed by atoms with E-state index in [1.165, 1.54) is 18.4 Å². The quantitative estimate of drug-likeness (QED) is 0.721. The van der Waals surface area contributed by atoms with Gasteiger partial charge in [0.05, 0.1) is 0 Å². The molecule has 64 valence electrons. The second-order valence-corrected chi connectivity index (χ2v) is 3.51. The Balaban J connectivity index is 2.24. The van der Waals surface area contributed by atoms with Crippen LogP contribution in [0.25, 0.3) is 0 Å². The van der Waals surface area contributed by atoms with E-state index >= 15 is 0 Å². The van der Waals surface area contributed by atoms with Crippen LogP contribution in [0.15, 0.2) is 24.3 Å². The van der Waals surface area contributed by atoms with Crippen molar-refractivity contribution >= 4 is 0 Å². The minimum atomic E-state index is 0.768. The van der Waals surface area contributed by atoms with Crippen LogP contribution in [-0.4, -0.2) is 6.54 Å². The Kier molecular flexibility index (Phi) is 2.13. The largest absolute Gasteiger partial charge is 0.330 e. The van der Waals surface area contributed by atoms with Crippen molar-refractivity contribution in [3.05, 3.63) is 35.4 Å². The topological polar surface area (TPSA) is 26.0 Å². The van der Waals surface area contributed by atoms with Gasteiger partial charge < -0.3 is 5.73 Å². The average Bonchev–Trinajstić information content (AvgIpc) is 2.89. The molecule has 0 bridgehead atoms. The summed E-state index contributed by atoms with van der Waals surface area (Å²) in [5, 5.41) is 0. The van der Waals surface area contributed by atoms with Gasteiger partial charge in [-0.3, -0.25) is 0 Å². The standard InChI is InChI=1S/C11H15N/c12-8-7-9-3-1-2-4-11(9)10-5-6-10/h1-4,10H,5-8,12H2. The van der Waals surface area contributed by atoms with Gasteiger partial charge in [-0.1, -0.05) is 24.3 Å². The van der Waals surface area contributed by atoms with E-state index in [0.29, 0.717) is 0 Å². The number of benzene rings is 1. The fraction of sp³-hybridized carbons (Fsp3) is 0.455. The van der Waals surface area contributed by atoms with Gasteiger partial charge in [-0.25, -0.2) is 0 Å². The third kappa shape index (κ3) is 1.51. The monoisotopic (exact) mass is 161 g/mol. The molecule has 1 aromatic rings. The molecule has 0 spiro atoms. The van der Waals surface area contributed by atoms with E-state index < -0.39 is 0 Å². The number of hydrogen-bond donors (Lipinski definition) is 1. The first kappa shape index (κ1) is 7.81. The smallest absolute Gasteiger partial charge is 0.00366 e.